The molecule has 1 amide bonds. The molecule has 0 radical (unpaired) electrons. The van der Waals surface area contributed by atoms with Gasteiger partial charge in [0.05, 0.1) is 25.4 Å². The van der Waals surface area contributed by atoms with E-state index in [0.717, 1.165) is 83.5 Å². The van der Waals surface area contributed by atoms with Crippen molar-refractivity contribution in [1.29, 1.82) is 0 Å². The van der Waals surface area contributed by atoms with Crippen molar-refractivity contribution in [2.75, 3.05) is 13.2 Å². The molecule has 0 aromatic rings. The van der Waals surface area contributed by atoms with Crippen LogP contribution < -0.4 is 5.32 Å². The van der Waals surface area contributed by atoms with Gasteiger partial charge in [0.1, 0.15) is 0 Å². The van der Waals surface area contributed by atoms with Crippen LogP contribution in [0.1, 0.15) is 284 Å². The summed E-state index contributed by atoms with van der Waals surface area (Å²) in [7, 11) is 0. The largest absolute Gasteiger partial charge is 0.466 e. The Morgan fingerprint density at radius 1 is 0.467 bits per heavy atom. The van der Waals surface area contributed by atoms with E-state index in [1.165, 1.54) is 167 Å². The Labute approximate surface area is 373 Å². The van der Waals surface area contributed by atoms with E-state index in [4.69, 9.17) is 4.74 Å². The SMILES string of the molecule is CCCCCCCCCCCCCCCCCCCC(=O)OCCCCC/C=C\C/C=C\CCCCCCCCCC(=O)NC(CO)C(O)CCCCCCCCCCC. The van der Waals surface area contributed by atoms with Gasteiger partial charge >= 0.3 is 5.97 Å². The maximum Gasteiger partial charge on any atom is 0.305 e. The van der Waals surface area contributed by atoms with Crippen molar-refractivity contribution < 1.29 is 24.5 Å². The number of hydrogen-bond acceptors (Lipinski definition) is 5. The van der Waals surface area contributed by atoms with Crippen molar-refractivity contribution >= 4 is 11.9 Å². The van der Waals surface area contributed by atoms with Crippen LogP contribution in [-0.2, 0) is 14.3 Å². The first kappa shape index (κ1) is 58.3. The first-order chi connectivity index (χ1) is 29.5. The van der Waals surface area contributed by atoms with Crippen LogP contribution >= 0.6 is 0 Å². The molecule has 0 aliphatic rings. The number of unbranched alkanes of at least 4 members (excludes halogenated alkanes) is 34. The van der Waals surface area contributed by atoms with Gasteiger partial charge in [-0.25, -0.2) is 0 Å². The summed E-state index contributed by atoms with van der Waals surface area (Å²) in [4.78, 5) is 24.4. The van der Waals surface area contributed by atoms with E-state index in [9.17, 15) is 19.8 Å². The second kappa shape index (κ2) is 50.0. The standard InChI is InChI=1S/C54H103NO5/c1-3-5-7-9-11-13-14-15-16-18-22-25-28-32-36-40-44-48-54(59)60-49-45-41-37-33-29-26-23-20-17-19-21-24-27-31-35-39-43-47-53(58)55-51(50-56)52(57)46-42-38-34-30-12-10-8-6-4-2/h17,20,26,29,51-52,56-57H,3-16,18-19,21-25,27-28,30-50H2,1-2H3,(H,55,58)/b20-17-,29-26-. The van der Waals surface area contributed by atoms with E-state index in [2.05, 4.69) is 43.5 Å². The number of esters is 1. The van der Waals surface area contributed by atoms with Gasteiger partial charge in [0, 0.05) is 12.8 Å². The maximum absolute atomic E-state index is 12.4. The van der Waals surface area contributed by atoms with Gasteiger partial charge in [-0.2, -0.15) is 0 Å². The van der Waals surface area contributed by atoms with Crippen LogP contribution in [-0.4, -0.2) is 47.4 Å². The molecule has 6 nitrogen and oxygen atoms in total. The second-order valence-corrected chi connectivity index (χ2v) is 18.2. The molecule has 0 aliphatic heterocycles. The molecular formula is C54H103NO5. The zero-order chi connectivity index (χ0) is 43.7. The Morgan fingerprint density at radius 3 is 1.27 bits per heavy atom. The fourth-order valence-electron chi connectivity index (χ4n) is 8.14. The molecule has 60 heavy (non-hydrogen) atoms. The molecule has 0 aromatic heterocycles. The van der Waals surface area contributed by atoms with Gasteiger partial charge in [-0.1, -0.05) is 231 Å². The van der Waals surface area contributed by atoms with E-state index in [-0.39, 0.29) is 18.5 Å². The normalized spacial score (nSPS) is 12.8. The van der Waals surface area contributed by atoms with E-state index < -0.39 is 12.1 Å². The predicted molar refractivity (Wildman–Crippen MR) is 260 cm³/mol. The lowest BCUT2D eigenvalue weighted by Gasteiger charge is -2.22. The molecule has 0 fully saturated rings. The number of amides is 1. The fraction of sp³-hybridized carbons (Fsp3) is 0.889. The van der Waals surface area contributed by atoms with Crippen LogP contribution in [0.4, 0.5) is 0 Å². The predicted octanol–water partition coefficient (Wildman–Crippen LogP) is 15.9. The minimum atomic E-state index is -0.672. The van der Waals surface area contributed by atoms with Gasteiger partial charge in [-0.05, 0) is 64.2 Å². The summed E-state index contributed by atoms with van der Waals surface area (Å²) in [6.45, 7) is 4.89. The molecule has 0 saturated carbocycles. The monoisotopic (exact) mass is 846 g/mol. The Bertz CT molecular complexity index is 935. The van der Waals surface area contributed by atoms with Crippen LogP contribution in [0, 0.1) is 0 Å². The van der Waals surface area contributed by atoms with E-state index in [0.29, 0.717) is 25.9 Å². The smallest absolute Gasteiger partial charge is 0.305 e. The van der Waals surface area contributed by atoms with Crippen LogP contribution in [0.15, 0.2) is 24.3 Å². The topological polar surface area (TPSA) is 95.9 Å². The lowest BCUT2D eigenvalue weighted by atomic mass is 10.0. The summed E-state index contributed by atoms with van der Waals surface area (Å²) < 4.78 is 5.46. The average molecular weight is 846 g/mol. The molecule has 0 bridgehead atoms. The van der Waals surface area contributed by atoms with Crippen molar-refractivity contribution in [3.8, 4) is 0 Å². The first-order valence-corrected chi connectivity index (χ1v) is 26.6. The van der Waals surface area contributed by atoms with Crippen LogP contribution in [0.2, 0.25) is 0 Å². The van der Waals surface area contributed by atoms with Gasteiger partial charge in [-0.3, -0.25) is 9.59 Å². The number of hydrogen-bond donors (Lipinski definition) is 3. The van der Waals surface area contributed by atoms with E-state index in [1.807, 2.05) is 0 Å². The molecule has 0 heterocycles. The van der Waals surface area contributed by atoms with Crippen molar-refractivity contribution in [2.24, 2.45) is 0 Å². The van der Waals surface area contributed by atoms with Gasteiger partial charge in [-0.15, -0.1) is 0 Å². The van der Waals surface area contributed by atoms with Crippen LogP contribution in [0.25, 0.3) is 0 Å². The Kier molecular flexibility index (Phi) is 48.6. The van der Waals surface area contributed by atoms with Crippen molar-refractivity contribution in [3.05, 3.63) is 24.3 Å². The second-order valence-electron chi connectivity index (χ2n) is 18.2. The molecule has 0 aromatic carbocycles. The third-order valence-corrected chi connectivity index (χ3v) is 12.3. The average Bonchev–Trinajstić information content (AvgIpc) is 3.25. The summed E-state index contributed by atoms with van der Waals surface area (Å²) in [6, 6.07) is -0.551. The first-order valence-electron chi connectivity index (χ1n) is 26.6. The Morgan fingerprint density at radius 2 is 0.833 bits per heavy atom. The Balaban J connectivity index is 3.45. The lowest BCUT2D eigenvalue weighted by molar-refractivity contribution is -0.143. The number of aliphatic hydroxyl groups is 2. The quantitative estimate of drug-likeness (QED) is 0.0322. The highest BCUT2D eigenvalue weighted by Gasteiger charge is 2.20. The summed E-state index contributed by atoms with van der Waals surface area (Å²) in [5.74, 6) is -0.0656. The number of carbonyl (C=O) groups is 2. The third-order valence-electron chi connectivity index (χ3n) is 12.3. The van der Waals surface area contributed by atoms with Crippen molar-refractivity contribution in [3.63, 3.8) is 0 Å². The Hall–Kier alpha value is -1.66. The number of rotatable bonds is 49. The summed E-state index contributed by atoms with van der Waals surface area (Å²) in [6.07, 6.45) is 58.8. The lowest BCUT2D eigenvalue weighted by Crippen LogP contribution is -2.45. The van der Waals surface area contributed by atoms with Crippen LogP contribution in [0.5, 0.6) is 0 Å². The highest BCUT2D eigenvalue weighted by Crippen LogP contribution is 2.16. The van der Waals surface area contributed by atoms with Gasteiger partial charge in [0.2, 0.25) is 5.91 Å². The van der Waals surface area contributed by atoms with Gasteiger partial charge in [0.15, 0.2) is 0 Å². The van der Waals surface area contributed by atoms with Crippen molar-refractivity contribution in [1.82, 2.24) is 5.32 Å². The van der Waals surface area contributed by atoms with Gasteiger partial charge < -0.3 is 20.3 Å². The van der Waals surface area contributed by atoms with E-state index in [1.54, 1.807) is 0 Å². The molecule has 2 atom stereocenters. The van der Waals surface area contributed by atoms with E-state index >= 15 is 0 Å². The van der Waals surface area contributed by atoms with Crippen molar-refractivity contribution in [2.45, 2.75) is 296 Å². The minimum Gasteiger partial charge on any atom is -0.466 e. The van der Waals surface area contributed by atoms with Crippen LogP contribution in [0.3, 0.4) is 0 Å². The highest BCUT2D eigenvalue weighted by molar-refractivity contribution is 5.76. The maximum atomic E-state index is 12.4. The third kappa shape index (κ3) is 45.9. The van der Waals surface area contributed by atoms with Gasteiger partial charge in [0.25, 0.3) is 0 Å². The molecule has 0 aliphatic carbocycles. The number of nitrogens with one attached hydrogen (secondary N) is 1. The zero-order valence-corrected chi connectivity index (χ0v) is 40.2. The molecular weight excluding hydrogens is 743 g/mol. The number of allylic oxidation sites excluding steroid dienone is 4. The molecule has 2 unspecified atom stereocenters. The summed E-state index contributed by atoms with van der Waals surface area (Å²) in [5, 5.41) is 23.0. The molecule has 0 spiro atoms. The minimum absolute atomic E-state index is 0.0119. The molecule has 3 N–H and O–H groups in total. The summed E-state index contributed by atoms with van der Waals surface area (Å²) in [5.41, 5.74) is 0. The fourth-order valence-corrected chi connectivity index (χ4v) is 8.14. The molecule has 0 rings (SSSR count). The molecule has 354 valence electrons. The summed E-state index contributed by atoms with van der Waals surface area (Å²) >= 11 is 0. The molecule has 6 heteroatoms. The number of aliphatic hydroxyl groups excluding tert-OH is 2. The molecule has 0 saturated heterocycles. The zero-order valence-electron chi connectivity index (χ0n) is 40.2. The highest BCUT2D eigenvalue weighted by atomic mass is 16.5. The number of ether oxygens (including phenoxy) is 1. The number of carbonyl (C=O) groups excluding carboxylic acids is 2.